The first kappa shape index (κ1) is 25.0. The van der Waals surface area contributed by atoms with Crippen LogP contribution >= 0.6 is 0 Å². The van der Waals surface area contributed by atoms with Gasteiger partial charge in [0.2, 0.25) is 5.91 Å². The zero-order valence-electron chi connectivity index (χ0n) is 20.5. The highest BCUT2D eigenvalue weighted by Crippen LogP contribution is 2.30. The summed E-state index contributed by atoms with van der Waals surface area (Å²) in [6, 6.07) is 23.3. The van der Waals surface area contributed by atoms with Crippen LogP contribution in [0.2, 0.25) is 0 Å². The molecule has 2 amide bonds. The van der Waals surface area contributed by atoms with Crippen molar-refractivity contribution < 1.29 is 14.3 Å². The molecular formula is C28H33N3O3. The Labute approximate surface area is 202 Å². The molecule has 0 bridgehead atoms. The van der Waals surface area contributed by atoms with Crippen LogP contribution in [-0.2, 0) is 16.1 Å². The molecule has 1 N–H and O–H groups in total. The van der Waals surface area contributed by atoms with Crippen molar-refractivity contribution in [2.75, 3.05) is 38.0 Å². The maximum atomic E-state index is 13.8. The van der Waals surface area contributed by atoms with Gasteiger partial charge < -0.3 is 19.9 Å². The molecule has 0 aromatic heterocycles. The molecule has 1 atom stereocenters. The Balaban J connectivity index is 2.02. The lowest BCUT2D eigenvalue weighted by atomic mass is 10.0. The van der Waals surface area contributed by atoms with Gasteiger partial charge in [-0.25, -0.2) is 0 Å². The highest BCUT2D eigenvalue weighted by Gasteiger charge is 2.25. The second kappa shape index (κ2) is 11.5. The predicted octanol–water partition coefficient (Wildman–Crippen LogP) is 5.05. The average Bonchev–Trinajstić information content (AvgIpc) is 2.82. The number of aryl methyl sites for hydroxylation is 1. The first-order valence-electron chi connectivity index (χ1n) is 11.3. The number of ether oxygens (including phenoxy) is 1. The van der Waals surface area contributed by atoms with Crippen LogP contribution in [0.4, 0.5) is 11.4 Å². The molecule has 0 saturated carbocycles. The minimum atomic E-state index is -0.226. The minimum Gasteiger partial charge on any atom is -0.377 e. The monoisotopic (exact) mass is 459 g/mol. The lowest BCUT2D eigenvalue weighted by Gasteiger charge is -2.32. The minimum absolute atomic E-state index is 0.0201. The number of hydrogen-bond acceptors (Lipinski definition) is 4. The second-order valence-corrected chi connectivity index (χ2v) is 8.61. The van der Waals surface area contributed by atoms with Crippen LogP contribution in [0.3, 0.4) is 0 Å². The van der Waals surface area contributed by atoms with Crippen molar-refractivity contribution in [1.29, 1.82) is 0 Å². The van der Waals surface area contributed by atoms with Crippen molar-refractivity contribution in [3.05, 3.63) is 95.1 Å². The summed E-state index contributed by atoms with van der Waals surface area (Å²) in [6.07, 6.45) is 0. The van der Waals surface area contributed by atoms with Crippen LogP contribution in [-0.4, -0.2) is 44.5 Å². The number of carbonyl (C=O) groups is 2. The Kier molecular flexibility index (Phi) is 8.44. The van der Waals surface area contributed by atoms with Gasteiger partial charge in [0.15, 0.2) is 0 Å². The summed E-state index contributed by atoms with van der Waals surface area (Å²) in [4.78, 5) is 29.7. The smallest absolute Gasteiger partial charge is 0.254 e. The van der Waals surface area contributed by atoms with E-state index in [1.165, 1.54) is 7.11 Å². The number of nitrogens with one attached hydrogen (secondary N) is 1. The fourth-order valence-corrected chi connectivity index (χ4v) is 3.98. The molecule has 6 heteroatoms. The van der Waals surface area contributed by atoms with Crippen molar-refractivity contribution >= 4 is 23.2 Å². The van der Waals surface area contributed by atoms with Gasteiger partial charge >= 0.3 is 0 Å². The summed E-state index contributed by atoms with van der Waals surface area (Å²) < 4.78 is 4.93. The van der Waals surface area contributed by atoms with E-state index in [-0.39, 0.29) is 24.5 Å². The van der Waals surface area contributed by atoms with E-state index in [4.69, 9.17) is 4.74 Å². The first-order valence-corrected chi connectivity index (χ1v) is 11.3. The Morgan fingerprint density at radius 2 is 1.71 bits per heavy atom. The summed E-state index contributed by atoms with van der Waals surface area (Å²) >= 11 is 0. The lowest BCUT2D eigenvalue weighted by molar-refractivity contribution is -0.119. The van der Waals surface area contributed by atoms with Crippen LogP contribution in [0.1, 0.15) is 40.0 Å². The topological polar surface area (TPSA) is 61.9 Å². The van der Waals surface area contributed by atoms with Crippen LogP contribution in [0.15, 0.2) is 72.8 Å². The third kappa shape index (κ3) is 6.23. The average molecular weight is 460 g/mol. The zero-order valence-corrected chi connectivity index (χ0v) is 20.5. The fraction of sp³-hybridized carbons (Fsp3) is 0.286. The molecule has 6 nitrogen and oxygen atoms in total. The van der Waals surface area contributed by atoms with Gasteiger partial charge in [0.05, 0.1) is 6.04 Å². The Hall–Kier alpha value is -3.64. The molecule has 178 valence electrons. The second-order valence-electron chi connectivity index (χ2n) is 8.61. The number of nitrogens with zero attached hydrogens (tertiary/aromatic N) is 2. The fourth-order valence-electron chi connectivity index (χ4n) is 3.98. The molecule has 0 aliphatic rings. The van der Waals surface area contributed by atoms with Crippen molar-refractivity contribution in [1.82, 2.24) is 4.90 Å². The molecule has 1 unspecified atom stereocenters. The largest absolute Gasteiger partial charge is 0.377 e. The van der Waals surface area contributed by atoms with E-state index in [9.17, 15) is 9.59 Å². The molecule has 0 radical (unpaired) electrons. The van der Waals surface area contributed by atoms with Crippen LogP contribution in [0, 0.1) is 6.92 Å². The third-order valence-electron chi connectivity index (χ3n) is 5.74. The number of carbonyl (C=O) groups excluding carboxylic acids is 2. The van der Waals surface area contributed by atoms with E-state index in [2.05, 4.69) is 5.32 Å². The van der Waals surface area contributed by atoms with E-state index in [1.807, 2.05) is 111 Å². The van der Waals surface area contributed by atoms with Gasteiger partial charge in [0.1, 0.15) is 6.61 Å². The summed E-state index contributed by atoms with van der Waals surface area (Å²) in [5.41, 5.74) is 5.32. The molecule has 0 heterocycles. The predicted molar refractivity (Wildman–Crippen MR) is 137 cm³/mol. The number of anilines is 2. The molecule has 0 spiro atoms. The molecular weight excluding hydrogens is 426 g/mol. The van der Waals surface area contributed by atoms with E-state index in [0.717, 1.165) is 22.4 Å². The van der Waals surface area contributed by atoms with Crippen molar-refractivity contribution in [3.63, 3.8) is 0 Å². The molecule has 0 fully saturated rings. The van der Waals surface area contributed by atoms with E-state index in [1.54, 1.807) is 0 Å². The lowest BCUT2D eigenvalue weighted by Crippen LogP contribution is -2.34. The van der Waals surface area contributed by atoms with Gasteiger partial charge in [-0.1, -0.05) is 48.0 Å². The summed E-state index contributed by atoms with van der Waals surface area (Å²) in [5, 5.41) is 2.87. The molecule has 0 aliphatic heterocycles. The van der Waals surface area contributed by atoms with Crippen molar-refractivity contribution in [2.24, 2.45) is 0 Å². The zero-order chi connectivity index (χ0) is 24.7. The van der Waals surface area contributed by atoms with Gasteiger partial charge in [0, 0.05) is 44.7 Å². The highest BCUT2D eigenvalue weighted by molar-refractivity contribution is 5.95. The normalized spacial score (nSPS) is 11.6. The van der Waals surface area contributed by atoms with E-state index in [0.29, 0.717) is 17.8 Å². The number of amides is 2. The van der Waals surface area contributed by atoms with Crippen molar-refractivity contribution in [3.8, 4) is 0 Å². The molecule has 3 aromatic rings. The van der Waals surface area contributed by atoms with Crippen LogP contribution in [0.5, 0.6) is 0 Å². The Morgan fingerprint density at radius 3 is 2.35 bits per heavy atom. The summed E-state index contributed by atoms with van der Waals surface area (Å²) in [6.45, 7) is 4.39. The molecule has 34 heavy (non-hydrogen) atoms. The molecule has 0 saturated heterocycles. The quantitative estimate of drug-likeness (QED) is 0.486. The third-order valence-corrected chi connectivity index (χ3v) is 5.74. The van der Waals surface area contributed by atoms with Crippen molar-refractivity contribution in [2.45, 2.75) is 26.4 Å². The number of methoxy groups -OCH3 is 1. The first-order chi connectivity index (χ1) is 16.3. The van der Waals surface area contributed by atoms with E-state index < -0.39 is 0 Å². The molecule has 3 aromatic carbocycles. The summed E-state index contributed by atoms with van der Waals surface area (Å²) in [5.74, 6) is -0.269. The summed E-state index contributed by atoms with van der Waals surface area (Å²) in [7, 11) is 5.42. The molecule has 0 aliphatic carbocycles. The number of rotatable bonds is 9. The number of hydrogen-bond donors (Lipinski definition) is 1. The van der Waals surface area contributed by atoms with Gasteiger partial charge in [-0.15, -0.1) is 0 Å². The van der Waals surface area contributed by atoms with E-state index >= 15 is 0 Å². The van der Waals surface area contributed by atoms with Gasteiger partial charge in [-0.05, 0) is 55.3 Å². The highest BCUT2D eigenvalue weighted by atomic mass is 16.5. The van der Waals surface area contributed by atoms with Crippen LogP contribution < -0.4 is 10.2 Å². The van der Waals surface area contributed by atoms with Gasteiger partial charge in [-0.2, -0.15) is 0 Å². The number of benzene rings is 3. The Morgan fingerprint density at radius 1 is 0.971 bits per heavy atom. The SMILES string of the molecule is COCC(=O)Nc1ccc(N(C)C)c(CN(C(=O)c2cccc(C)c2)C(C)c2ccccc2)c1. The Bertz CT molecular complexity index is 1130. The standard InChI is InChI=1S/C28H33N3O3/c1-20-10-9-13-23(16-20)28(33)31(21(2)22-11-7-6-8-12-22)18-24-17-25(29-27(32)19-34-5)14-15-26(24)30(3)4/h6-17,21H,18-19H2,1-5H3,(H,29,32). The maximum absolute atomic E-state index is 13.8. The van der Waals surface area contributed by atoms with Gasteiger partial charge in [0.25, 0.3) is 5.91 Å². The van der Waals surface area contributed by atoms with Gasteiger partial charge in [-0.3, -0.25) is 9.59 Å². The van der Waals surface area contributed by atoms with Crippen LogP contribution in [0.25, 0.3) is 0 Å². The molecule has 3 rings (SSSR count). The maximum Gasteiger partial charge on any atom is 0.254 e.